The van der Waals surface area contributed by atoms with Crippen molar-refractivity contribution in [1.82, 2.24) is 19.7 Å². The van der Waals surface area contributed by atoms with E-state index < -0.39 is 5.54 Å². The van der Waals surface area contributed by atoms with Crippen LogP contribution in [0, 0.1) is 11.3 Å². The Hall–Kier alpha value is -1.45. The summed E-state index contributed by atoms with van der Waals surface area (Å²) in [7, 11) is 0. The molecule has 0 radical (unpaired) electrons. The summed E-state index contributed by atoms with van der Waals surface area (Å²) in [5.41, 5.74) is 5.31. The van der Waals surface area contributed by atoms with Crippen LogP contribution in [0.3, 0.4) is 0 Å². The first-order chi connectivity index (χ1) is 8.67. The van der Waals surface area contributed by atoms with Crippen LogP contribution in [0.4, 0.5) is 0 Å². The lowest BCUT2D eigenvalue weighted by Crippen LogP contribution is -2.39. The molecule has 0 aromatic carbocycles. The van der Waals surface area contributed by atoms with Crippen molar-refractivity contribution in [2.75, 3.05) is 13.1 Å². The number of fused-ring (bicyclic) bond motifs is 1. The van der Waals surface area contributed by atoms with Crippen LogP contribution in [0.25, 0.3) is 0 Å². The first kappa shape index (κ1) is 13.0. The van der Waals surface area contributed by atoms with E-state index in [1.54, 1.807) is 6.33 Å². The zero-order valence-corrected chi connectivity index (χ0v) is 10.8. The molecule has 6 heteroatoms. The lowest BCUT2D eigenvalue weighted by Gasteiger charge is -2.28. The van der Waals surface area contributed by atoms with E-state index in [0.29, 0.717) is 6.42 Å². The number of aromatic nitrogens is 3. The monoisotopic (exact) mass is 248 g/mol. The summed E-state index contributed by atoms with van der Waals surface area (Å²) in [4.78, 5) is 2.34. The molecule has 0 bridgehead atoms. The molecule has 1 aromatic rings. The highest BCUT2D eigenvalue weighted by molar-refractivity contribution is 5.03. The summed E-state index contributed by atoms with van der Waals surface area (Å²) in [5, 5.41) is 17.0. The van der Waals surface area contributed by atoms with Gasteiger partial charge in [-0.3, -0.25) is 4.90 Å². The van der Waals surface area contributed by atoms with Crippen molar-refractivity contribution in [1.29, 1.82) is 5.26 Å². The maximum atomic E-state index is 9.01. The standard InChI is InChI=1S/C12H20N6/c1-2-12(14,9-13)4-3-5-17-6-7-18-10-15-16-11(18)8-17/h10H,2-8,14H2,1H3. The number of nitrogens with zero attached hydrogens (tertiary/aromatic N) is 5. The molecule has 98 valence electrons. The number of hydrogen-bond acceptors (Lipinski definition) is 5. The first-order valence-electron chi connectivity index (χ1n) is 6.46. The molecule has 1 aromatic heterocycles. The number of rotatable bonds is 5. The van der Waals surface area contributed by atoms with Gasteiger partial charge in [-0.2, -0.15) is 5.26 Å². The van der Waals surface area contributed by atoms with E-state index in [4.69, 9.17) is 11.0 Å². The summed E-state index contributed by atoms with van der Waals surface area (Å²) >= 11 is 0. The summed E-state index contributed by atoms with van der Waals surface area (Å²) in [6.07, 6.45) is 4.19. The third-order valence-electron chi connectivity index (χ3n) is 3.67. The summed E-state index contributed by atoms with van der Waals surface area (Å²) in [6, 6.07) is 2.21. The zero-order valence-electron chi connectivity index (χ0n) is 10.8. The van der Waals surface area contributed by atoms with Crippen LogP contribution in [0.15, 0.2) is 6.33 Å². The van der Waals surface area contributed by atoms with Gasteiger partial charge in [0.25, 0.3) is 0 Å². The van der Waals surface area contributed by atoms with Crippen molar-refractivity contribution < 1.29 is 0 Å². The van der Waals surface area contributed by atoms with Gasteiger partial charge in [-0.25, -0.2) is 0 Å². The van der Waals surface area contributed by atoms with E-state index in [1.165, 1.54) is 0 Å². The van der Waals surface area contributed by atoms with Gasteiger partial charge in [0.05, 0.1) is 12.6 Å². The molecule has 0 saturated carbocycles. The van der Waals surface area contributed by atoms with Gasteiger partial charge in [0, 0.05) is 13.1 Å². The number of nitrogens with two attached hydrogens (primary N) is 1. The Kier molecular flexibility index (Phi) is 3.94. The second kappa shape index (κ2) is 5.46. The van der Waals surface area contributed by atoms with Gasteiger partial charge in [0.15, 0.2) is 0 Å². The predicted molar refractivity (Wildman–Crippen MR) is 67.4 cm³/mol. The minimum absolute atomic E-state index is 0.657. The fourth-order valence-corrected chi connectivity index (χ4v) is 2.24. The van der Waals surface area contributed by atoms with Crippen LogP contribution in [0.2, 0.25) is 0 Å². The molecule has 2 N–H and O–H groups in total. The molecule has 2 rings (SSSR count). The lowest BCUT2D eigenvalue weighted by molar-refractivity contribution is 0.208. The molecule has 1 atom stereocenters. The highest BCUT2D eigenvalue weighted by Crippen LogP contribution is 2.15. The third-order valence-corrected chi connectivity index (χ3v) is 3.67. The quantitative estimate of drug-likeness (QED) is 0.820. The second-order valence-electron chi connectivity index (χ2n) is 4.94. The maximum Gasteiger partial charge on any atom is 0.147 e. The Morgan fingerprint density at radius 1 is 1.56 bits per heavy atom. The molecule has 1 aliphatic rings. The lowest BCUT2D eigenvalue weighted by atomic mass is 9.93. The van der Waals surface area contributed by atoms with Gasteiger partial charge in [-0.05, 0) is 25.8 Å². The summed E-state index contributed by atoms with van der Waals surface area (Å²) in [5.74, 6) is 1.02. The molecule has 1 unspecified atom stereocenters. The van der Waals surface area contributed by atoms with E-state index in [2.05, 4.69) is 25.7 Å². The van der Waals surface area contributed by atoms with E-state index >= 15 is 0 Å². The van der Waals surface area contributed by atoms with Crippen molar-refractivity contribution in [3.63, 3.8) is 0 Å². The van der Waals surface area contributed by atoms with Gasteiger partial charge in [0.2, 0.25) is 0 Å². The van der Waals surface area contributed by atoms with Gasteiger partial charge in [0.1, 0.15) is 17.7 Å². The van der Waals surface area contributed by atoms with Crippen LogP contribution >= 0.6 is 0 Å². The largest absolute Gasteiger partial charge is 0.315 e. The van der Waals surface area contributed by atoms with Gasteiger partial charge in [-0.15, -0.1) is 10.2 Å². The van der Waals surface area contributed by atoms with E-state index in [0.717, 1.165) is 44.8 Å². The van der Waals surface area contributed by atoms with E-state index in [9.17, 15) is 0 Å². The third kappa shape index (κ3) is 2.86. The van der Waals surface area contributed by atoms with Crippen molar-refractivity contribution in [2.24, 2.45) is 5.73 Å². The topological polar surface area (TPSA) is 83.8 Å². The van der Waals surface area contributed by atoms with E-state index in [1.807, 2.05) is 6.92 Å². The fraction of sp³-hybridized carbons (Fsp3) is 0.750. The van der Waals surface area contributed by atoms with Crippen molar-refractivity contribution in [3.05, 3.63) is 12.2 Å². The van der Waals surface area contributed by atoms with Crippen LogP contribution in [0.1, 0.15) is 32.0 Å². The van der Waals surface area contributed by atoms with Gasteiger partial charge in [-0.1, -0.05) is 6.92 Å². The average molecular weight is 248 g/mol. The Morgan fingerprint density at radius 3 is 3.11 bits per heavy atom. The van der Waals surface area contributed by atoms with Gasteiger partial charge < -0.3 is 10.3 Å². The normalized spacial score (nSPS) is 18.9. The maximum absolute atomic E-state index is 9.01. The smallest absolute Gasteiger partial charge is 0.147 e. The van der Waals surface area contributed by atoms with Gasteiger partial charge >= 0.3 is 0 Å². The molecule has 18 heavy (non-hydrogen) atoms. The van der Waals surface area contributed by atoms with Crippen molar-refractivity contribution in [3.8, 4) is 6.07 Å². The molecule has 0 aliphatic carbocycles. The average Bonchev–Trinajstić information content (AvgIpc) is 2.86. The molecule has 0 spiro atoms. The Bertz CT molecular complexity index is 434. The molecule has 0 saturated heterocycles. The van der Waals surface area contributed by atoms with Crippen LogP contribution in [-0.2, 0) is 13.1 Å². The number of hydrogen-bond donors (Lipinski definition) is 1. The number of nitriles is 1. The molecule has 2 heterocycles. The summed E-state index contributed by atoms with van der Waals surface area (Å²) < 4.78 is 2.09. The van der Waals surface area contributed by atoms with Crippen LogP contribution in [0.5, 0.6) is 0 Å². The molecule has 6 nitrogen and oxygen atoms in total. The van der Waals surface area contributed by atoms with E-state index in [-0.39, 0.29) is 0 Å². The minimum atomic E-state index is -0.657. The molecule has 0 amide bonds. The molecular formula is C12H20N6. The Balaban J connectivity index is 1.78. The van der Waals surface area contributed by atoms with Crippen LogP contribution < -0.4 is 5.73 Å². The molecule has 0 fully saturated rings. The fourth-order valence-electron chi connectivity index (χ4n) is 2.24. The zero-order chi connectivity index (χ0) is 13.0. The molecule has 1 aliphatic heterocycles. The van der Waals surface area contributed by atoms with Crippen molar-refractivity contribution in [2.45, 2.75) is 44.8 Å². The second-order valence-corrected chi connectivity index (χ2v) is 4.94. The SMILES string of the molecule is CCC(N)(C#N)CCCN1CCn2cnnc2C1. The Morgan fingerprint density at radius 2 is 2.39 bits per heavy atom. The molecular weight excluding hydrogens is 228 g/mol. The first-order valence-corrected chi connectivity index (χ1v) is 6.46. The Labute approximate surface area is 107 Å². The minimum Gasteiger partial charge on any atom is -0.315 e. The highest BCUT2D eigenvalue weighted by atomic mass is 15.3. The predicted octanol–water partition coefficient (Wildman–Crippen LogP) is 0.505. The van der Waals surface area contributed by atoms with Crippen molar-refractivity contribution >= 4 is 0 Å². The highest BCUT2D eigenvalue weighted by Gasteiger charge is 2.22. The van der Waals surface area contributed by atoms with Crippen LogP contribution in [-0.4, -0.2) is 38.3 Å². The summed E-state index contributed by atoms with van der Waals surface area (Å²) in [6.45, 7) is 5.74.